The summed E-state index contributed by atoms with van der Waals surface area (Å²) in [7, 11) is 1.59. The van der Waals surface area contributed by atoms with Crippen molar-refractivity contribution in [3.05, 3.63) is 58.4 Å². The lowest BCUT2D eigenvalue weighted by Gasteiger charge is -2.15. The summed E-state index contributed by atoms with van der Waals surface area (Å²) in [6.07, 6.45) is -0.698. The number of carbonyl (C=O) groups excluding carboxylic acids is 1. The molecule has 1 N–H and O–H groups in total. The summed E-state index contributed by atoms with van der Waals surface area (Å²) in [5.74, 6) is 1.70. The largest absolute Gasteiger partial charge is 0.497 e. The third-order valence-corrected chi connectivity index (χ3v) is 4.90. The van der Waals surface area contributed by atoms with Crippen LogP contribution in [0.15, 0.2) is 40.9 Å². The van der Waals surface area contributed by atoms with E-state index >= 15 is 0 Å². The zero-order valence-corrected chi connectivity index (χ0v) is 17.4. The van der Waals surface area contributed by atoms with Gasteiger partial charge in [-0.1, -0.05) is 28.9 Å². The molecule has 8 heteroatoms. The molecule has 1 aromatic heterocycles. The van der Waals surface area contributed by atoms with Crippen LogP contribution < -0.4 is 14.8 Å². The van der Waals surface area contributed by atoms with Crippen molar-refractivity contribution in [3.8, 4) is 22.9 Å². The van der Waals surface area contributed by atoms with E-state index in [1.54, 1.807) is 32.2 Å². The minimum absolute atomic E-state index is 0.0994. The standard InChI is InChI=1S/C21H22ClN3O4/c1-12-8-17(9-13(2)19(12)22)28-14(3)21(26)23-11-18-24-20(25-29-18)15-6-5-7-16(10-15)27-4/h5-10,14H,11H2,1-4H3,(H,23,26)/t14-/m0/s1. The average Bonchev–Trinajstić information content (AvgIpc) is 3.19. The number of ether oxygens (including phenoxy) is 2. The van der Waals surface area contributed by atoms with Crippen molar-refractivity contribution < 1.29 is 18.8 Å². The van der Waals surface area contributed by atoms with Gasteiger partial charge in [0.15, 0.2) is 6.10 Å². The van der Waals surface area contributed by atoms with Crippen LogP contribution in [-0.2, 0) is 11.3 Å². The molecule has 0 unspecified atom stereocenters. The first-order valence-corrected chi connectivity index (χ1v) is 9.43. The first-order valence-electron chi connectivity index (χ1n) is 9.05. The number of amides is 1. The van der Waals surface area contributed by atoms with E-state index < -0.39 is 6.10 Å². The SMILES string of the molecule is COc1cccc(-c2noc(CNC(=O)[C@H](C)Oc3cc(C)c(Cl)c(C)c3)n2)c1. The summed E-state index contributed by atoms with van der Waals surface area (Å²) >= 11 is 6.16. The fourth-order valence-electron chi connectivity index (χ4n) is 2.74. The van der Waals surface area contributed by atoms with Gasteiger partial charge in [0.05, 0.1) is 13.7 Å². The number of halogens is 1. The molecule has 0 spiro atoms. The maximum Gasteiger partial charge on any atom is 0.261 e. The van der Waals surface area contributed by atoms with Gasteiger partial charge in [0, 0.05) is 10.6 Å². The Balaban J connectivity index is 1.58. The molecular weight excluding hydrogens is 394 g/mol. The van der Waals surface area contributed by atoms with Crippen LogP contribution in [0.5, 0.6) is 11.5 Å². The molecule has 0 saturated carbocycles. The number of carbonyl (C=O) groups is 1. The van der Waals surface area contributed by atoms with Crippen LogP contribution in [0.1, 0.15) is 23.9 Å². The van der Waals surface area contributed by atoms with Gasteiger partial charge in [-0.3, -0.25) is 4.79 Å². The van der Waals surface area contributed by atoms with E-state index in [1.165, 1.54) is 0 Å². The highest BCUT2D eigenvalue weighted by Gasteiger charge is 2.17. The number of hydrogen-bond acceptors (Lipinski definition) is 6. The monoisotopic (exact) mass is 415 g/mol. The van der Waals surface area contributed by atoms with E-state index in [0.717, 1.165) is 16.7 Å². The van der Waals surface area contributed by atoms with Crippen LogP contribution in [0.25, 0.3) is 11.4 Å². The number of hydrogen-bond donors (Lipinski definition) is 1. The normalized spacial score (nSPS) is 11.8. The number of aryl methyl sites for hydroxylation is 2. The zero-order chi connectivity index (χ0) is 21.0. The Labute approximate surface area is 174 Å². The summed E-state index contributed by atoms with van der Waals surface area (Å²) in [4.78, 5) is 16.6. The molecule has 0 aliphatic carbocycles. The summed E-state index contributed by atoms with van der Waals surface area (Å²) in [6, 6.07) is 10.9. The van der Waals surface area contributed by atoms with E-state index in [0.29, 0.717) is 28.2 Å². The molecule has 0 bridgehead atoms. The highest BCUT2D eigenvalue weighted by Crippen LogP contribution is 2.26. The molecule has 7 nitrogen and oxygen atoms in total. The van der Waals surface area contributed by atoms with Gasteiger partial charge in [-0.15, -0.1) is 0 Å². The molecule has 0 radical (unpaired) electrons. The molecule has 1 amide bonds. The van der Waals surface area contributed by atoms with E-state index in [9.17, 15) is 4.79 Å². The lowest BCUT2D eigenvalue weighted by atomic mass is 10.1. The first kappa shape index (κ1) is 20.7. The van der Waals surface area contributed by atoms with Gasteiger partial charge >= 0.3 is 0 Å². The van der Waals surface area contributed by atoms with Crippen LogP contribution in [0.4, 0.5) is 0 Å². The Bertz CT molecular complexity index is 996. The average molecular weight is 416 g/mol. The topological polar surface area (TPSA) is 86.5 Å². The predicted molar refractivity (Wildman–Crippen MR) is 109 cm³/mol. The molecule has 29 heavy (non-hydrogen) atoms. The van der Waals surface area contributed by atoms with Crippen LogP contribution in [0, 0.1) is 13.8 Å². The highest BCUT2D eigenvalue weighted by molar-refractivity contribution is 6.32. The van der Waals surface area contributed by atoms with Crippen LogP contribution >= 0.6 is 11.6 Å². The van der Waals surface area contributed by atoms with E-state index in [-0.39, 0.29) is 12.5 Å². The summed E-state index contributed by atoms with van der Waals surface area (Å²) in [6.45, 7) is 5.55. The van der Waals surface area contributed by atoms with Gasteiger partial charge in [-0.25, -0.2) is 0 Å². The van der Waals surface area contributed by atoms with Gasteiger partial charge in [0.2, 0.25) is 11.7 Å². The van der Waals surface area contributed by atoms with Crippen molar-refractivity contribution in [1.82, 2.24) is 15.5 Å². The minimum Gasteiger partial charge on any atom is -0.497 e. The molecule has 0 aliphatic rings. The first-order chi connectivity index (χ1) is 13.9. The van der Waals surface area contributed by atoms with Gasteiger partial charge in [0.25, 0.3) is 5.91 Å². The van der Waals surface area contributed by atoms with E-state index in [1.807, 2.05) is 32.0 Å². The molecule has 1 heterocycles. The molecule has 0 fully saturated rings. The Hall–Kier alpha value is -3.06. The maximum absolute atomic E-state index is 12.3. The van der Waals surface area contributed by atoms with Gasteiger partial charge < -0.3 is 19.3 Å². The van der Waals surface area contributed by atoms with E-state index in [4.69, 9.17) is 25.6 Å². The third kappa shape index (κ3) is 5.06. The molecule has 3 rings (SSSR count). The van der Waals surface area contributed by atoms with Crippen molar-refractivity contribution in [2.75, 3.05) is 7.11 Å². The Morgan fingerprint density at radius 1 is 1.21 bits per heavy atom. The molecule has 0 aliphatic heterocycles. The van der Waals surface area contributed by atoms with Crippen molar-refractivity contribution in [1.29, 1.82) is 0 Å². The van der Waals surface area contributed by atoms with Crippen LogP contribution in [0.3, 0.4) is 0 Å². The zero-order valence-electron chi connectivity index (χ0n) is 16.7. The minimum atomic E-state index is -0.698. The summed E-state index contributed by atoms with van der Waals surface area (Å²) in [5, 5.41) is 7.37. The van der Waals surface area contributed by atoms with Gasteiger partial charge in [-0.05, 0) is 56.2 Å². The van der Waals surface area contributed by atoms with E-state index in [2.05, 4.69) is 15.5 Å². The number of methoxy groups -OCH3 is 1. The lowest BCUT2D eigenvalue weighted by Crippen LogP contribution is -2.36. The van der Waals surface area contributed by atoms with Gasteiger partial charge in [0.1, 0.15) is 11.5 Å². The molecule has 2 aromatic carbocycles. The second-order valence-electron chi connectivity index (χ2n) is 6.59. The number of nitrogens with one attached hydrogen (secondary N) is 1. The fourth-order valence-corrected chi connectivity index (χ4v) is 2.85. The Kier molecular flexibility index (Phi) is 6.39. The Morgan fingerprint density at radius 2 is 1.93 bits per heavy atom. The second-order valence-corrected chi connectivity index (χ2v) is 6.97. The molecule has 0 saturated heterocycles. The third-order valence-electron chi connectivity index (χ3n) is 4.30. The molecule has 1 atom stereocenters. The molecular formula is C21H22ClN3O4. The number of benzene rings is 2. The predicted octanol–water partition coefficient (Wildman–Crippen LogP) is 4.10. The quantitative estimate of drug-likeness (QED) is 0.625. The van der Waals surface area contributed by atoms with Crippen LogP contribution in [-0.4, -0.2) is 29.3 Å². The molecule has 152 valence electrons. The van der Waals surface area contributed by atoms with Crippen molar-refractivity contribution in [2.45, 2.75) is 33.4 Å². The maximum atomic E-state index is 12.3. The number of nitrogens with zero attached hydrogens (tertiary/aromatic N) is 2. The molecule has 3 aromatic rings. The smallest absolute Gasteiger partial charge is 0.261 e. The highest BCUT2D eigenvalue weighted by atomic mass is 35.5. The Morgan fingerprint density at radius 3 is 2.62 bits per heavy atom. The van der Waals surface area contributed by atoms with Crippen molar-refractivity contribution in [2.24, 2.45) is 0 Å². The van der Waals surface area contributed by atoms with Crippen LogP contribution in [0.2, 0.25) is 5.02 Å². The summed E-state index contributed by atoms with van der Waals surface area (Å²) < 4.78 is 16.1. The summed E-state index contributed by atoms with van der Waals surface area (Å²) in [5.41, 5.74) is 2.55. The number of aromatic nitrogens is 2. The van der Waals surface area contributed by atoms with Crippen molar-refractivity contribution in [3.63, 3.8) is 0 Å². The second kappa shape index (κ2) is 8.96. The van der Waals surface area contributed by atoms with Crippen molar-refractivity contribution >= 4 is 17.5 Å². The number of rotatable bonds is 7. The fraction of sp³-hybridized carbons (Fsp3) is 0.286. The van der Waals surface area contributed by atoms with Gasteiger partial charge in [-0.2, -0.15) is 4.98 Å². The lowest BCUT2D eigenvalue weighted by molar-refractivity contribution is -0.127.